The summed E-state index contributed by atoms with van der Waals surface area (Å²) < 4.78 is 5.22. The predicted molar refractivity (Wildman–Crippen MR) is 88.6 cm³/mol. The first-order valence-corrected chi connectivity index (χ1v) is 7.72. The quantitative estimate of drug-likeness (QED) is 0.723. The summed E-state index contributed by atoms with van der Waals surface area (Å²) in [6, 6.07) is 8.43. The molecular weight excluding hydrogens is 308 g/mol. The Bertz CT molecular complexity index is 900. The molecule has 1 amide bonds. The Morgan fingerprint density at radius 1 is 1.25 bits per heavy atom. The van der Waals surface area contributed by atoms with Gasteiger partial charge in [0.15, 0.2) is 0 Å². The number of carbonyl (C=O) groups is 1. The highest BCUT2D eigenvalue weighted by atomic mass is 16.4. The zero-order chi connectivity index (χ0) is 17.1. The highest BCUT2D eigenvalue weighted by molar-refractivity contribution is 5.96. The molecule has 24 heavy (non-hydrogen) atoms. The van der Waals surface area contributed by atoms with Crippen LogP contribution in [0.1, 0.15) is 24.2 Å². The molecule has 0 aliphatic heterocycles. The number of rotatable bonds is 5. The van der Waals surface area contributed by atoms with Gasteiger partial charge in [-0.15, -0.1) is 0 Å². The Hall–Kier alpha value is -2.96. The van der Waals surface area contributed by atoms with E-state index in [9.17, 15) is 9.59 Å². The second kappa shape index (κ2) is 6.66. The highest BCUT2D eigenvalue weighted by Crippen LogP contribution is 2.13. The molecule has 0 radical (unpaired) electrons. The number of nitrogens with one attached hydrogen (secondary N) is 1. The molecule has 124 valence electrons. The van der Waals surface area contributed by atoms with Crippen LogP contribution in [0.15, 0.2) is 51.9 Å². The lowest BCUT2D eigenvalue weighted by atomic mass is 10.0. The lowest BCUT2D eigenvalue weighted by Gasteiger charge is -2.21. The maximum Gasteiger partial charge on any atom is 0.349 e. The van der Waals surface area contributed by atoms with Crippen LogP contribution < -0.4 is 10.9 Å². The molecule has 2 heterocycles. The Morgan fingerprint density at radius 3 is 2.67 bits per heavy atom. The Balaban J connectivity index is 1.85. The molecular formula is C17H18N4O3. The first-order chi connectivity index (χ1) is 11.5. The van der Waals surface area contributed by atoms with E-state index >= 15 is 0 Å². The largest absolute Gasteiger partial charge is 0.422 e. The van der Waals surface area contributed by atoms with Gasteiger partial charge in [-0.05, 0) is 18.1 Å². The van der Waals surface area contributed by atoms with Gasteiger partial charge in [-0.1, -0.05) is 32.0 Å². The van der Waals surface area contributed by atoms with Gasteiger partial charge in [0.2, 0.25) is 0 Å². The number of nitrogens with zero attached hydrogens (tertiary/aromatic N) is 3. The van der Waals surface area contributed by atoms with E-state index < -0.39 is 11.5 Å². The first-order valence-electron chi connectivity index (χ1n) is 7.72. The third-order valence-corrected chi connectivity index (χ3v) is 3.83. The van der Waals surface area contributed by atoms with Crippen LogP contribution in [-0.2, 0) is 6.54 Å². The molecule has 1 aromatic carbocycles. The number of benzene rings is 1. The third kappa shape index (κ3) is 3.34. The van der Waals surface area contributed by atoms with E-state index in [4.69, 9.17) is 4.42 Å². The van der Waals surface area contributed by atoms with Gasteiger partial charge in [-0.25, -0.2) is 4.79 Å². The van der Waals surface area contributed by atoms with Crippen molar-refractivity contribution < 1.29 is 9.21 Å². The van der Waals surface area contributed by atoms with Crippen molar-refractivity contribution in [1.29, 1.82) is 0 Å². The summed E-state index contributed by atoms with van der Waals surface area (Å²) in [5.41, 5.74) is -0.195. The summed E-state index contributed by atoms with van der Waals surface area (Å²) >= 11 is 0. The van der Waals surface area contributed by atoms with E-state index in [1.54, 1.807) is 36.7 Å². The molecule has 1 atom stereocenters. The van der Waals surface area contributed by atoms with Crippen molar-refractivity contribution in [3.05, 3.63) is 58.7 Å². The van der Waals surface area contributed by atoms with Gasteiger partial charge in [0, 0.05) is 5.39 Å². The minimum absolute atomic E-state index is 0.00669. The zero-order valence-electron chi connectivity index (χ0n) is 13.5. The SMILES string of the molecule is CC(C)[C@@H](Cn1nccn1)NC(=O)c1cc2ccccc2oc1=O. The van der Waals surface area contributed by atoms with E-state index in [2.05, 4.69) is 15.5 Å². The molecule has 0 saturated carbocycles. The van der Waals surface area contributed by atoms with E-state index in [1.165, 1.54) is 4.80 Å². The normalized spacial score (nSPS) is 12.5. The summed E-state index contributed by atoms with van der Waals surface area (Å²) in [5.74, 6) is -0.312. The molecule has 3 aromatic rings. The molecule has 0 spiro atoms. The van der Waals surface area contributed by atoms with Gasteiger partial charge >= 0.3 is 5.63 Å². The predicted octanol–water partition coefficient (Wildman–Crippen LogP) is 1.84. The average molecular weight is 326 g/mol. The van der Waals surface area contributed by atoms with Crippen molar-refractivity contribution in [2.24, 2.45) is 5.92 Å². The minimum atomic E-state index is -0.647. The number of amides is 1. The van der Waals surface area contributed by atoms with E-state index in [1.807, 2.05) is 19.9 Å². The van der Waals surface area contributed by atoms with Crippen LogP contribution in [0.4, 0.5) is 0 Å². The summed E-state index contributed by atoms with van der Waals surface area (Å²) in [7, 11) is 0. The van der Waals surface area contributed by atoms with Gasteiger partial charge in [0.1, 0.15) is 11.1 Å². The van der Waals surface area contributed by atoms with Crippen LogP contribution >= 0.6 is 0 Å². The van der Waals surface area contributed by atoms with Gasteiger partial charge in [0.05, 0.1) is 25.0 Å². The van der Waals surface area contributed by atoms with E-state index in [0.29, 0.717) is 17.5 Å². The number of fused-ring (bicyclic) bond motifs is 1. The molecule has 2 aromatic heterocycles. The second-order valence-corrected chi connectivity index (χ2v) is 5.89. The molecule has 0 saturated heterocycles. The smallest absolute Gasteiger partial charge is 0.349 e. The topological polar surface area (TPSA) is 90.0 Å². The number of aromatic nitrogens is 3. The lowest BCUT2D eigenvalue weighted by Crippen LogP contribution is -2.43. The lowest BCUT2D eigenvalue weighted by molar-refractivity contribution is 0.0914. The minimum Gasteiger partial charge on any atom is -0.422 e. The van der Waals surface area contributed by atoms with Gasteiger partial charge in [-0.3, -0.25) is 4.79 Å². The Labute approximate surface area is 138 Å². The Morgan fingerprint density at radius 2 is 1.96 bits per heavy atom. The molecule has 1 N–H and O–H groups in total. The monoisotopic (exact) mass is 326 g/mol. The van der Waals surface area contributed by atoms with Crippen molar-refractivity contribution in [2.75, 3.05) is 0 Å². The molecule has 0 fully saturated rings. The summed E-state index contributed by atoms with van der Waals surface area (Å²) in [5, 5.41) is 11.7. The number of carbonyl (C=O) groups excluding carboxylic acids is 1. The molecule has 0 unspecified atom stereocenters. The number of hydrogen-bond donors (Lipinski definition) is 1. The van der Waals surface area contributed by atoms with Crippen molar-refractivity contribution in [3.63, 3.8) is 0 Å². The standard InChI is InChI=1S/C17H18N4O3/c1-11(2)14(10-21-18-7-8-19-21)20-16(22)13-9-12-5-3-4-6-15(12)24-17(13)23/h3-9,11,14H,10H2,1-2H3,(H,20,22)/t14-/m1/s1. The number of hydrogen-bond acceptors (Lipinski definition) is 5. The van der Waals surface area contributed by atoms with E-state index in [0.717, 1.165) is 0 Å². The fourth-order valence-electron chi connectivity index (χ4n) is 2.40. The van der Waals surface area contributed by atoms with Crippen molar-refractivity contribution in [2.45, 2.75) is 26.4 Å². The summed E-state index contributed by atoms with van der Waals surface area (Å²) in [4.78, 5) is 26.1. The van der Waals surface area contributed by atoms with Crippen LogP contribution in [-0.4, -0.2) is 26.9 Å². The van der Waals surface area contributed by atoms with Crippen molar-refractivity contribution in [3.8, 4) is 0 Å². The van der Waals surface area contributed by atoms with Gasteiger partial charge in [0.25, 0.3) is 5.91 Å². The molecule has 0 aliphatic carbocycles. The zero-order valence-corrected chi connectivity index (χ0v) is 13.5. The third-order valence-electron chi connectivity index (χ3n) is 3.83. The van der Waals surface area contributed by atoms with Crippen LogP contribution in [0.25, 0.3) is 11.0 Å². The van der Waals surface area contributed by atoms with Gasteiger partial charge in [-0.2, -0.15) is 15.0 Å². The average Bonchev–Trinajstić information content (AvgIpc) is 3.06. The van der Waals surface area contributed by atoms with Crippen LogP contribution in [0.5, 0.6) is 0 Å². The van der Waals surface area contributed by atoms with Crippen molar-refractivity contribution >= 4 is 16.9 Å². The summed E-state index contributed by atoms with van der Waals surface area (Å²) in [6.45, 7) is 4.39. The molecule has 0 bridgehead atoms. The van der Waals surface area contributed by atoms with Crippen LogP contribution in [0.3, 0.4) is 0 Å². The van der Waals surface area contributed by atoms with Gasteiger partial charge < -0.3 is 9.73 Å². The second-order valence-electron chi connectivity index (χ2n) is 5.89. The summed E-state index contributed by atoms with van der Waals surface area (Å²) in [6.07, 6.45) is 3.16. The Kier molecular flexibility index (Phi) is 4.41. The number of para-hydroxylation sites is 1. The molecule has 0 aliphatic rings. The van der Waals surface area contributed by atoms with Crippen LogP contribution in [0, 0.1) is 5.92 Å². The fourth-order valence-corrected chi connectivity index (χ4v) is 2.40. The fraction of sp³-hybridized carbons (Fsp3) is 0.294. The molecule has 7 heteroatoms. The molecule has 7 nitrogen and oxygen atoms in total. The maximum absolute atomic E-state index is 12.5. The van der Waals surface area contributed by atoms with Crippen LogP contribution in [0.2, 0.25) is 0 Å². The first kappa shape index (κ1) is 15.9. The maximum atomic E-state index is 12.5. The molecule has 3 rings (SSSR count). The van der Waals surface area contributed by atoms with E-state index in [-0.39, 0.29) is 17.5 Å². The highest BCUT2D eigenvalue weighted by Gasteiger charge is 2.21. The van der Waals surface area contributed by atoms with Crippen molar-refractivity contribution in [1.82, 2.24) is 20.3 Å².